The van der Waals surface area contributed by atoms with Crippen LogP contribution in [-0.2, 0) is 17.8 Å². The monoisotopic (exact) mass is 451 g/mol. The van der Waals surface area contributed by atoms with Crippen molar-refractivity contribution < 1.29 is 4.79 Å². The molecule has 0 radical (unpaired) electrons. The highest BCUT2D eigenvalue weighted by atomic mass is 32.2. The van der Waals surface area contributed by atoms with Gasteiger partial charge in [-0.3, -0.25) is 9.36 Å². The second kappa shape index (κ2) is 9.76. The van der Waals surface area contributed by atoms with Gasteiger partial charge in [-0.05, 0) is 18.9 Å². The summed E-state index contributed by atoms with van der Waals surface area (Å²) < 4.78 is 1.56. The van der Waals surface area contributed by atoms with Crippen molar-refractivity contribution in [3.05, 3.63) is 81.6 Å². The molecule has 2 heterocycles. The van der Waals surface area contributed by atoms with Gasteiger partial charge in [0.15, 0.2) is 10.3 Å². The van der Waals surface area contributed by atoms with Gasteiger partial charge in [0.05, 0.1) is 11.4 Å². The number of thiazole rings is 1. The molecule has 0 aliphatic carbocycles. The van der Waals surface area contributed by atoms with Crippen LogP contribution in [0.15, 0.2) is 69.9 Å². The van der Waals surface area contributed by atoms with E-state index >= 15 is 0 Å². The predicted octanol–water partition coefficient (Wildman–Crippen LogP) is 3.98. The molecule has 0 spiro atoms. The number of carbonyl (C=O) groups is 1. The van der Waals surface area contributed by atoms with Gasteiger partial charge in [-0.2, -0.15) is 0 Å². The molecule has 0 saturated heterocycles. The number of hydrogen-bond donors (Lipinski definition) is 2. The number of nitrogens with one attached hydrogen (secondary N) is 2. The summed E-state index contributed by atoms with van der Waals surface area (Å²) in [6.07, 6.45) is 0.709. The molecule has 0 saturated carbocycles. The Morgan fingerprint density at radius 2 is 1.94 bits per heavy atom. The lowest BCUT2D eigenvalue weighted by Crippen LogP contribution is -2.20. The van der Waals surface area contributed by atoms with Crippen LogP contribution in [0.1, 0.15) is 11.1 Å². The van der Waals surface area contributed by atoms with Gasteiger partial charge in [0.2, 0.25) is 5.91 Å². The number of thioether (sulfide) groups is 1. The Kier molecular flexibility index (Phi) is 6.63. The Hall–Kier alpha value is -3.17. The van der Waals surface area contributed by atoms with E-state index in [4.69, 9.17) is 0 Å². The summed E-state index contributed by atoms with van der Waals surface area (Å²) in [6.45, 7) is 2.53. The number of aromatic amines is 1. The third-order valence-electron chi connectivity index (χ3n) is 4.62. The molecule has 2 N–H and O–H groups in total. The number of hydrogen-bond acceptors (Lipinski definition) is 6. The van der Waals surface area contributed by atoms with E-state index in [0.29, 0.717) is 23.3 Å². The molecular formula is C22H21N5O2S2. The van der Waals surface area contributed by atoms with E-state index in [1.54, 1.807) is 4.57 Å². The SMILES string of the molecule is Cc1ccc(-c2csc(NC(=O)CSc3n[nH]c(=O)n3CCc3ccccc3)n2)cc1. The molecule has 0 aliphatic rings. The quantitative estimate of drug-likeness (QED) is 0.395. The van der Waals surface area contributed by atoms with Crippen molar-refractivity contribution in [1.82, 2.24) is 19.7 Å². The van der Waals surface area contributed by atoms with Crippen LogP contribution in [0.4, 0.5) is 5.13 Å². The fraction of sp³-hybridized carbons (Fsp3) is 0.182. The van der Waals surface area contributed by atoms with Crippen molar-refractivity contribution in [3.63, 3.8) is 0 Å². The summed E-state index contributed by atoms with van der Waals surface area (Å²) in [5.41, 5.74) is 3.88. The van der Waals surface area contributed by atoms with Gasteiger partial charge >= 0.3 is 5.69 Å². The highest BCUT2D eigenvalue weighted by Gasteiger charge is 2.13. The predicted molar refractivity (Wildman–Crippen MR) is 125 cm³/mol. The molecule has 0 bridgehead atoms. The van der Waals surface area contributed by atoms with Gasteiger partial charge in [0.25, 0.3) is 0 Å². The van der Waals surface area contributed by atoms with Crippen LogP contribution >= 0.6 is 23.1 Å². The molecule has 9 heteroatoms. The maximum Gasteiger partial charge on any atom is 0.343 e. The Labute approximate surface area is 187 Å². The highest BCUT2D eigenvalue weighted by molar-refractivity contribution is 7.99. The van der Waals surface area contributed by atoms with Gasteiger partial charge in [-0.1, -0.05) is 71.9 Å². The number of carbonyl (C=O) groups excluding carboxylic acids is 1. The molecular weight excluding hydrogens is 430 g/mol. The Bertz CT molecular complexity index is 1210. The first-order chi connectivity index (χ1) is 15.1. The molecule has 2 aromatic heterocycles. The maximum atomic E-state index is 12.4. The van der Waals surface area contributed by atoms with E-state index in [9.17, 15) is 9.59 Å². The largest absolute Gasteiger partial charge is 0.343 e. The van der Waals surface area contributed by atoms with Crippen molar-refractivity contribution in [3.8, 4) is 11.3 Å². The fourth-order valence-electron chi connectivity index (χ4n) is 2.97. The lowest BCUT2D eigenvalue weighted by molar-refractivity contribution is -0.113. The number of aryl methyl sites for hydroxylation is 2. The number of benzene rings is 2. The topological polar surface area (TPSA) is 92.7 Å². The Balaban J connectivity index is 1.33. The van der Waals surface area contributed by atoms with Crippen LogP contribution in [0.5, 0.6) is 0 Å². The lowest BCUT2D eigenvalue weighted by atomic mass is 10.1. The van der Waals surface area contributed by atoms with Crippen molar-refractivity contribution in [2.45, 2.75) is 25.0 Å². The van der Waals surface area contributed by atoms with Gasteiger partial charge in [-0.25, -0.2) is 14.9 Å². The van der Waals surface area contributed by atoms with E-state index in [1.807, 2.05) is 66.9 Å². The molecule has 0 fully saturated rings. The minimum Gasteiger partial charge on any atom is -0.301 e. The molecule has 0 atom stereocenters. The highest BCUT2D eigenvalue weighted by Crippen LogP contribution is 2.25. The number of amides is 1. The fourth-order valence-corrected chi connectivity index (χ4v) is 4.48. The number of anilines is 1. The van der Waals surface area contributed by atoms with E-state index in [2.05, 4.69) is 20.5 Å². The van der Waals surface area contributed by atoms with Crippen LogP contribution in [0.25, 0.3) is 11.3 Å². The molecule has 4 aromatic rings. The van der Waals surface area contributed by atoms with Crippen LogP contribution in [-0.4, -0.2) is 31.4 Å². The van der Waals surface area contributed by atoms with E-state index in [1.165, 1.54) is 28.7 Å². The van der Waals surface area contributed by atoms with Crippen molar-refractivity contribution in [1.29, 1.82) is 0 Å². The van der Waals surface area contributed by atoms with Gasteiger partial charge < -0.3 is 5.32 Å². The zero-order valence-corrected chi connectivity index (χ0v) is 18.5. The minimum atomic E-state index is -0.276. The molecule has 4 rings (SSSR count). The first-order valence-corrected chi connectivity index (χ1v) is 11.6. The second-order valence-corrected chi connectivity index (χ2v) is 8.74. The van der Waals surface area contributed by atoms with Crippen LogP contribution in [0.3, 0.4) is 0 Å². The zero-order chi connectivity index (χ0) is 21.6. The summed E-state index contributed by atoms with van der Waals surface area (Å²) >= 11 is 2.60. The average molecular weight is 452 g/mol. The third kappa shape index (κ3) is 5.50. The Morgan fingerprint density at radius 3 is 2.71 bits per heavy atom. The number of nitrogens with zero attached hydrogens (tertiary/aromatic N) is 3. The van der Waals surface area contributed by atoms with Crippen LogP contribution in [0.2, 0.25) is 0 Å². The zero-order valence-electron chi connectivity index (χ0n) is 16.9. The summed E-state index contributed by atoms with van der Waals surface area (Å²) in [7, 11) is 0. The molecule has 0 aliphatic heterocycles. The number of H-pyrrole nitrogens is 1. The maximum absolute atomic E-state index is 12.4. The molecule has 31 heavy (non-hydrogen) atoms. The summed E-state index contributed by atoms with van der Waals surface area (Å²) in [5.74, 6) is -0.0606. The third-order valence-corrected chi connectivity index (χ3v) is 6.35. The summed E-state index contributed by atoms with van der Waals surface area (Å²) in [6, 6.07) is 18.0. The van der Waals surface area contributed by atoms with Crippen molar-refractivity contribution in [2.75, 3.05) is 11.1 Å². The molecule has 1 amide bonds. The Morgan fingerprint density at radius 1 is 1.16 bits per heavy atom. The van der Waals surface area contributed by atoms with Crippen molar-refractivity contribution in [2.24, 2.45) is 0 Å². The van der Waals surface area contributed by atoms with Crippen molar-refractivity contribution >= 4 is 34.1 Å². The summed E-state index contributed by atoms with van der Waals surface area (Å²) in [4.78, 5) is 29.0. The van der Waals surface area contributed by atoms with Gasteiger partial charge in [0.1, 0.15) is 0 Å². The van der Waals surface area contributed by atoms with Crippen LogP contribution < -0.4 is 11.0 Å². The lowest BCUT2D eigenvalue weighted by Gasteiger charge is -2.06. The smallest absolute Gasteiger partial charge is 0.301 e. The minimum absolute atomic E-state index is 0.134. The second-order valence-electron chi connectivity index (χ2n) is 6.94. The summed E-state index contributed by atoms with van der Waals surface area (Å²) in [5, 5.41) is 12.3. The molecule has 2 aromatic carbocycles. The van der Waals surface area contributed by atoms with E-state index in [0.717, 1.165) is 16.8 Å². The van der Waals surface area contributed by atoms with E-state index in [-0.39, 0.29) is 17.3 Å². The first kappa shape index (κ1) is 21.1. The van der Waals surface area contributed by atoms with Gasteiger partial charge in [0, 0.05) is 17.5 Å². The van der Waals surface area contributed by atoms with Gasteiger partial charge in [-0.15, -0.1) is 16.4 Å². The molecule has 7 nitrogen and oxygen atoms in total. The molecule has 0 unspecified atom stereocenters. The van der Waals surface area contributed by atoms with Crippen LogP contribution in [0, 0.1) is 6.92 Å². The van der Waals surface area contributed by atoms with E-state index < -0.39 is 0 Å². The normalized spacial score (nSPS) is 10.9. The number of rotatable bonds is 8. The first-order valence-electron chi connectivity index (χ1n) is 9.73. The standard InChI is InChI=1S/C22H21N5O2S2/c1-15-7-9-17(10-8-15)18-13-30-20(23-18)24-19(28)14-31-22-26-25-21(29)27(22)12-11-16-5-3-2-4-6-16/h2-10,13H,11-12,14H2,1H3,(H,25,29)(H,23,24,28). The average Bonchev–Trinajstić information content (AvgIpc) is 3.38. The number of aromatic nitrogens is 4. The molecule has 158 valence electrons.